The number of rotatable bonds is 6. The van der Waals surface area contributed by atoms with Crippen LogP contribution in [0.1, 0.15) is 12.0 Å². The normalized spacial score (nSPS) is 11.5. The Labute approximate surface area is 154 Å². The Balaban J connectivity index is 1.63. The highest BCUT2D eigenvalue weighted by molar-refractivity contribution is 14.1. The van der Waals surface area contributed by atoms with Crippen molar-refractivity contribution in [3.63, 3.8) is 0 Å². The lowest BCUT2D eigenvalue weighted by molar-refractivity contribution is 0.315. The van der Waals surface area contributed by atoms with Crippen LogP contribution < -0.4 is 5.73 Å². The van der Waals surface area contributed by atoms with Crippen molar-refractivity contribution < 1.29 is 4.39 Å². The molecule has 0 saturated carbocycles. The predicted molar refractivity (Wildman–Crippen MR) is 104 cm³/mol. The second-order valence-corrected chi connectivity index (χ2v) is 7.12. The third kappa shape index (κ3) is 3.87. The molecule has 0 atom stereocenters. The van der Waals surface area contributed by atoms with Crippen molar-refractivity contribution in [2.45, 2.75) is 19.5 Å². The van der Waals surface area contributed by atoms with Crippen molar-refractivity contribution >= 4 is 39.6 Å². The summed E-state index contributed by atoms with van der Waals surface area (Å²) in [5.74, 6) is 0.211. The zero-order chi connectivity index (χ0) is 17.1. The molecular formula is C18H20FIN4. The van der Waals surface area contributed by atoms with Crippen molar-refractivity contribution in [1.29, 1.82) is 0 Å². The first-order chi connectivity index (χ1) is 11.5. The van der Waals surface area contributed by atoms with Crippen molar-refractivity contribution in [2.75, 3.05) is 19.3 Å². The number of nitrogens with zero attached hydrogens (tertiary/aromatic N) is 3. The number of nitrogen functional groups attached to an aromatic ring is 1. The van der Waals surface area contributed by atoms with Crippen LogP contribution in [0.3, 0.4) is 0 Å². The van der Waals surface area contributed by atoms with Gasteiger partial charge in [-0.1, -0.05) is 30.3 Å². The van der Waals surface area contributed by atoms with Gasteiger partial charge in [0.05, 0.1) is 14.6 Å². The van der Waals surface area contributed by atoms with Crippen molar-refractivity contribution in [3.8, 4) is 0 Å². The second kappa shape index (κ2) is 7.48. The number of nitrogens with two attached hydrogens (primary N) is 1. The van der Waals surface area contributed by atoms with Crippen LogP contribution in [-0.2, 0) is 13.1 Å². The Morgan fingerprint density at radius 1 is 1.25 bits per heavy atom. The van der Waals surface area contributed by atoms with Crippen LogP contribution in [0, 0.1) is 9.39 Å². The summed E-state index contributed by atoms with van der Waals surface area (Å²) in [6, 6.07) is 13.6. The van der Waals surface area contributed by atoms with E-state index in [9.17, 15) is 4.39 Å². The van der Waals surface area contributed by atoms with Gasteiger partial charge in [0.2, 0.25) is 5.95 Å². The average Bonchev–Trinajstić information content (AvgIpc) is 2.84. The Hall–Kier alpha value is -1.67. The third-order valence-electron chi connectivity index (χ3n) is 4.04. The van der Waals surface area contributed by atoms with Gasteiger partial charge in [-0.3, -0.25) is 0 Å². The average molecular weight is 438 g/mol. The maximum absolute atomic E-state index is 13.8. The highest BCUT2D eigenvalue weighted by Crippen LogP contribution is 2.23. The molecular weight excluding hydrogens is 418 g/mol. The van der Waals surface area contributed by atoms with Crippen LogP contribution in [0.4, 0.5) is 10.3 Å². The van der Waals surface area contributed by atoms with Crippen molar-refractivity contribution in [1.82, 2.24) is 14.5 Å². The van der Waals surface area contributed by atoms with E-state index in [4.69, 9.17) is 5.73 Å². The number of aryl methyl sites for hydroxylation is 1. The molecule has 6 heteroatoms. The highest BCUT2D eigenvalue weighted by atomic mass is 127. The second-order valence-electron chi connectivity index (χ2n) is 5.95. The molecule has 0 unspecified atom stereocenters. The maximum Gasteiger partial charge on any atom is 0.201 e. The lowest BCUT2D eigenvalue weighted by Gasteiger charge is -2.17. The molecule has 0 radical (unpaired) electrons. The van der Waals surface area contributed by atoms with E-state index < -0.39 is 0 Å². The van der Waals surface area contributed by atoms with Gasteiger partial charge in [0, 0.05) is 19.2 Å². The zero-order valence-electron chi connectivity index (χ0n) is 13.5. The summed E-state index contributed by atoms with van der Waals surface area (Å²) in [4.78, 5) is 6.61. The summed E-state index contributed by atoms with van der Waals surface area (Å²) in [5, 5.41) is 0. The number of aromatic nitrogens is 2. The quantitative estimate of drug-likeness (QED) is 0.595. The van der Waals surface area contributed by atoms with E-state index in [-0.39, 0.29) is 5.82 Å². The van der Waals surface area contributed by atoms with Crippen LogP contribution in [-0.4, -0.2) is 28.0 Å². The lowest BCUT2D eigenvalue weighted by atomic mass is 10.2. The van der Waals surface area contributed by atoms with Crippen LogP contribution in [0.15, 0.2) is 42.5 Å². The molecule has 0 bridgehead atoms. The molecule has 1 heterocycles. The lowest BCUT2D eigenvalue weighted by Crippen LogP contribution is -2.20. The van der Waals surface area contributed by atoms with Gasteiger partial charge in [-0.15, -0.1) is 0 Å². The number of hydrogen-bond acceptors (Lipinski definition) is 3. The van der Waals surface area contributed by atoms with Gasteiger partial charge in [-0.25, -0.2) is 9.37 Å². The molecule has 2 aromatic carbocycles. The molecule has 4 nitrogen and oxygen atoms in total. The molecule has 0 spiro atoms. The molecule has 0 fully saturated rings. The van der Waals surface area contributed by atoms with Crippen LogP contribution in [0.5, 0.6) is 0 Å². The largest absolute Gasteiger partial charge is 0.369 e. The fourth-order valence-corrected chi connectivity index (χ4v) is 3.30. The number of hydrogen-bond donors (Lipinski definition) is 1. The smallest absolute Gasteiger partial charge is 0.201 e. The standard InChI is InChI=1S/C18H20FIN4/c1-23(12-13-6-3-2-4-7-13)8-5-9-24-17-10-14(19)15(20)11-16(17)22-18(24)21/h2-4,6-7,10-11H,5,8-9,12H2,1H3,(H2,21,22). The van der Waals surface area contributed by atoms with Crippen LogP contribution in [0.2, 0.25) is 0 Å². The summed E-state index contributed by atoms with van der Waals surface area (Å²) in [6.07, 6.45) is 0.923. The van der Waals surface area contributed by atoms with E-state index in [1.165, 1.54) is 11.6 Å². The first-order valence-corrected chi connectivity index (χ1v) is 8.95. The van der Waals surface area contributed by atoms with Crippen molar-refractivity contribution in [3.05, 3.63) is 57.4 Å². The molecule has 0 amide bonds. The molecule has 2 N–H and O–H groups in total. The minimum absolute atomic E-state index is 0.231. The minimum atomic E-state index is -0.231. The van der Waals surface area contributed by atoms with E-state index in [1.54, 1.807) is 6.07 Å². The Kier molecular flexibility index (Phi) is 5.35. The van der Waals surface area contributed by atoms with Gasteiger partial charge in [-0.05, 0) is 54.2 Å². The van der Waals surface area contributed by atoms with Gasteiger partial charge in [0.1, 0.15) is 5.82 Å². The highest BCUT2D eigenvalue weighted by Gasteiger charge is 2.11. The first-order valence-electron chi connectivity index (χ1n) is 7.88. The Bertz CT molecular complexity index is 832. The molecule has 0 saturated heterocycles. The Morgan fingerprint density at radius 3 is 2.75 bits per heavy atom. The molecule has 0 aliphatic rings. The third-order valence-corrected chi connectivity index (χ3v) is 4.86. The molecule has 3 rings (SSSR count). The van der Waals surface area contributed by atoms with Crippen LogP contribution in [0.25, 0.3) is 11.0 Å². The number of imidazole rings is 1. The molecule has 126 valence electrons. The van der Waals surface area contributed by atoms with Crippen LogP contribution >= 0.6 is 22.6 Å². The molecule has 0 aliphatic heterocycles. The monoisotopic (exact) mass is 438 g/mol. The summed E-state index contributed by atoms with van der Waals surface area (Å²) < 4.78 is 16.3. The van der Waals surface area contributed by atoms with E-state index in [0.29, 0.717) is 9.52 Å². The van der Waals surface area contributed by atoms with E-state index >= 15 is 0 Å². The summed E-state index contributed by atoms with van der Waals surface area (Å²) >= 11 is 1.97. The molecule has 24 heavy (non-hydrogen) atoms. The summed E-state index contributed by atoms with van der Waals surface area (Å²) in [7, 11) is 2.10. The number of anilines is 1. The van der Waals surface area contributed by atoms with Gasteiger partial charge in [0.25, 0.3) is 0 Å². The zero-order valence-corrected chi connectivity index (χ0v) is 15.7. The predicted octanol–water partition coefficient (Wildman–Crippen LogP) is 3.88. The Morgan fingerprint density at radius 2 is 2.00 bits per heavy atom. The van der Waals surface area contributed by atoms with Gasteiger partial charge < -0.3 is 15.2 Å². The van der Waals surface area contributed by atoms with E-state index in [0.717, 1.165) is 37.1 Å². The molecule has 3 aromatic rings. The maximum atomic E-state index is 13.8. The number of benzene rings is 2. The number of fused-ring (bicyclic) bond motifs is 1. The van der Waals surface area contributed by atoms with E-state index in [1.807, 2.05) is 33.2 Å². The van der Waals surface area contributed by atoms with Gasteiger partial charge >= 0.3 is 0 Å². The molecule has 1 aromatic heterocycles. The van der Waals surface area contributed by atoms with E-state index in [2.05, 4.69) is 41.2 Å². The summed E-state index contributed by atoms with van der Waals surface area (Å²) in [6.45, 7) is 2.57. The van der Waals surface area contributed by atoms with Gasteiger partial charge in [0.15, 0.2) is 0 Å². The fourth-order valence-electron chi connectivity index (χ4n) is 2.85. The number of halogens is 2. The SMILES string of the molecule is CN(CCCn1c(N)nc2cc(I)c(F)cc21)Cc1ccccc1. The molecule has 0 aliphatic carbocycles. The minimum Gasteiger partial charge on any atom is -0.369 e. The summed E-state index contributed by atoms with van der Waals surface area (Å²) in [5.41, 5.74) is 8.81. The topological polar surface area (TPSA) is 47.1 Å². The first kappa shape index (κ1) is 17.2. The fraction of sp³-hybridized carbons (Fsp3) is 0.278. The van der Waals surface area contributed by atoms with Gasteiger partial charge in [-0.2, -0.15) is 0 Å². The van der Waals surface area contributed by atoms with Crippen molar-refractivity contribution in [2.24, 2.45) is 0 Å².